The molecule has 1 atom stereocenters. The Morgan fingerprint density at radius 1 is 1.13 bits per heavy atom. The van der Waals surface area contributed by atoms with Crippen LogP contribution in [0.2, 0.25) is 0 Å². The zero-order valence-corrected chi connectivity index (χ0v) is 13.7. The van der Waals surface area contributed by atoms with Gasteiger partial charge in [0.2, 0.25) is 0 Å². The van der Waals surface area contributed by atoms with Crippen LogP contribution in [0.4, 0.5) is 4.79 Å². The first-order valence-electron chi connectivity index (χ1n) is 7.80. The summed E-state index contributed by atoms with van der Waals surface area (Å²) in [4.78, 5) is 18.1. The normalized spacial score (nSPS) is 12.0. The molecule has 2 aromatic rings. The minimum atomic E-state index is -0.159. The zero-order chi connectivity index (χ0) is 16.5. The second-order valence-electron chi connectivity index (χ2n) is 5.67. The van der Waals surface area contributed by atoms with Crippen LogP contribution >= 0.6 is 0 Å². The summed E-state index contributed by atoms with van der Waals surface area (Å²) < 4.78 is 0. The number of pyridine rings is 1. The standard InChI is InChI=1S/C18H24N4O/c1-15(22(2)14-16-7-4-3-5-8-16)11-20-18(23)21-13-17-9-6-10-19-12-17/h3-10,12,15H,11,13-14H2,1-2H3,(H2,20,21,23)/t15-/m0/s1. The van der Waals surface area contributed by atoms with Crippen LogP contribution in [0.25, 0.3) is 0 Å². The molecule has 0 saturated heterocycles. The van der Waals surface area contributed by atoms with Gasteiger partial charge in [-0.05, 0) is 31.2 Å². The summed E-state index contributed by atoms with van der Waals surface area (Å²) in [6.45, 7) is 4.04. The third-order valence-electron chi connectivity index (χ3n) is 3.76. The largest absolute Gasteiger partial charge is 0.337 e. The van der Waals surface area contributed by atoms with Gasteiger partial charge >= 0.3 is 6.03 Å². The average molecular weight is 312 g/mol. The van der Waals surface area contributed by atoms with Crippen molar-refractivity contribution in [3.8, 4) is 0 Å². The molecule has 1 aromatic heterocycles. The number of rotatable bonds is 7. The maximum atomic E-state index is 11.8. The molecule has 5 heteroatoms. The Morgan fingerprint density at radius 3 is 2.57 bits per heavy atom. The van der Waals surface area contributed by atoms with Crippen molar-refractivity contribution in [2.24, 2.45) is 0 Å². The van der Waals surface area contributed by atoms with Gasteiger partial charge in [-0.1, -0.05) is 36.4 Å². The highest BCUT2D eigenvalue weighted by molar-refractivity contribution is 5.73. The van der Waals surface area contributed by atoms with Crippen molar-refractivity contribution in [1.82, 2.24) is 20.5 Å². The molecular formula is C18H24N4O. The van der Waals surface area contributed by atoms with Gasteiger partial charge in [0.25, 0.3) is 0 Å². The van der Waals surface area contributed by atoms with Gasteiger partial charge in [0.05, 0.1) is 0 Å². The summed E-state index contributed by atoms with van der Waals surface area (Å²) in [5, 5.41) is 5.74. The number of nitrogens with zero attached hydrogens (tertiary/aromatic N) is 2. The van der Waals surface area contributed by atoms with E-state index in [1.807, 2.05) is 30.3 Å². The molecule has 0 bridgehead atoms. The highest BCUT2D eigenvalue weighted by Gasteiger charge is 2.11. The van der Waals surface area contributed by atoms with Gasteiger partial charge in [0.15, 0.2) is 0 Å². The van der Waals surface area contributed by atoms with Crippen molar-refractivity contribution in [2.45, 2.75) is 26.1 Å². The van der Waals surface area contributed by atoms with E-state index in [2.05, 4.69) is 46.6 Å². The summed E-state index contributed by atoms with van der Waals surface area (Å²) in [5.41, 5.74) is 2.25. The lowest BCUT2D eigenvalue weighted by molar-refractivity contribution is 0.223. The summed E-state index contributed by atoms with van der Waals surface area (Å²) >= 11 is 0. The Bertz CT molecular complexity index is 588. The third-order valence-corrected chi connectivity index (χ3v) is 3.76. The molecule has 0 spiro atoms. The van der Waals surface area contributed by atoms with E-state index in [0.717, 1.165) is 12.1 Å². The van der Waals surface area contributed by atoms with E-state index in [9.17, 15) is 4.79 Å². The lowest BCUT2D eigenvalue weighted by Crippen LogP contribution is -2.43. The molecule has 0 aliphatic carbocycles. The van der Waals surface area contributed by atoms with Crippen LogP contribution in [0.1, 0.15) is 18.1 Å². The molecule has 0 aliphatic heterocycles. The highest BCUT2D eigenvalue weighted by Crippen LogP contribution is 2.05. The summed E-state index contributed by atoms with van der Waals surface area (Å²) in [6, 6.07) is 14.2. The van der Waals surface area contributed by atoms with Crippen LogP contribution in [0.3, 0.4) is 0 Å². The number of carbonyl (C=O) groups excluding carboxylic acids is 1. The van der Waals surface area contributed by atoms with E-state index < -0.39 is 0 Å². The SMILES string of the molecule is C[C@@H](CNC(=O)NCc1cccnc1)N(C)Cc1ccccc1. The number of nitrogens with one attached hydrogen (secondary N) is 2. The van der Waals surface area contributed by atoms with E-state index in [1.165, 1.54) is 5.56 Å². The Balaban J connectivity index is 1.68. The Morgan fingerprint density at radius 2 is 1.87 bits per heavy atom. The van der Waals surface area contributed by atoms with Crippen molar-refractivity contribution in [1.29, 1.82) is 0 Å². The second kappa shape index (κ2) is 8.90. The zero-order valence-electron chi connectivity index (χ0n) is 13.7. The van der Waals surface area contributed by atoms with Gasteiger partial charge < -0.3 is 10.6 Å². The molecule has 0 fully saturated rings. The predicted octanol–water partition coefficient (Wildman–Crippen LogP) is 2.40. The van der Waals surface area contributed by atoms with Crippen molar-refractivity contribution in [3.05, 3.63) is 66.0 Å². The average Bonchev–Trinajstić information content (AvgIpc) is 2.59. The van der Waals surface area contributed by atoms with E-state index in [0.29, 0.717) is 13.1 Å². The molecule has 5 nitrogen and oxygen atoms in total. The third kappa shape index (κ3) is 6.08. The molecule has 2 amide bonds. The molecule has 0 aliphatic rings. The number of benzene rings is 1. The van der Waals surface area contributed by atoms with Gasteiger partial charge in [-0.25, -0.2) is 4.79 Å². The number of hydrogen-bond donors (Lipinski definition) is 2. The summed E-state index contributed by atoms with van der Waals surface area (Å²) in [7, 11) is 2.06. The van der Waals surface area contributed by atoms with Crippen LogP contribution in [0, 0.1) is 0 Å². The molecule has 1 aromatic carbocycles. The smallest absolute Gasteiger partial charge is 0.315 e. The number of amides is 2. The molecular weight excluding hydrogens is 288 g/mol. The van der Waals surface area contributed by atoms with E-state index in [-0.39, 0.29) is 12.1 Å². The number of hydrogen-bond acceptors (Lipinski definition) is 3. The lowest BCUT2D eigenvalue weighted by atomic mass is 10.2. The van der Waals surface area contributed by atoms with Gasteiger partial charge in [-0.2, -0.15) is 0 Å². The Labute approximate surface area is 137 Å². The van der Waals surface area contributed by atoms with Crippen LogP contribution in [-0.4, -0.2) is 35.5 Å². The number of carbonyl (C=O) groups is 1. The second-order valence-corrected chi connectivity index (χ2v) is 5.67. The number of urea groups is 1. The molecule has 0 unspecified atom stereocenters. The van der Waals surface area contributed by atoms with Gasteiger partial charge in [-0.15, -0.1) is 0 Å². The van der Waals surface area contributed by atoms with Gasteiger partial charge in [0.1, 0.15) is 0 Å². The van der Waals surface area contributed by atoms with E-state index in [1.54, 1.807) is 12.4 Å². The first kappa shape index (κ1) is 17.0. The molecule has 23 heavy (non-hydrogen) atoms. The molecule has 1 heterocycles. The summed E-state index contributed by atoms with van der Waals surface area (Å²) in [5.74, 6) is 0. The minimum Gasteiger partial charge on any atom is -0.337 e. The fraction of sp³-hybridized carbons (Fsp3) is 0.333. The van der Waals surface area contributed by atoms with Crippen LogP contribution in [-0.2, 0) is 13.1 Å². The maximum Gasteiger partial charge on any atom is 0.315 e. The van der Waals surface area contributed by atoms with Gasteiger partial charge in [-0.3, -0.25) is 9.88 Å². The predicted molar refractivity (Wildman–Crippen MR) is 91.8 cm³/mol. The van der Waals surface area contributed by atoms with Crippen molar-refractivity contribution in [3.63, 3.8) is 0 Å². The fourth-order valence-electron chi connectivity index (χ4n) is 2.17. The number of likely N-dealkylation sites (N-methyl/N-ethyl adjacent to an activating group) is 1. The topological polar surface area (TPSA) is 57.3 Å². The first-order valence-corrected chi connectivity index (χ1v) is 7.80. The fourth-order valence-corrected chi connectivity index (χ4v) is 2.17. The van der Waals surface area contributed by atoms with Gasteiger partial charge in [0, 0.05) is 38.1 Å². The Kier molecular flexibility index (Phi) is 6.56. The molecule has 2 N–H and O–H groups in total. The maximum absolute atomic E-state index is 11.8. The van der Waals surface area contributed by atoms with Crippen molar-refractivity contribution < 1.29 is 4.79 Å². The summed E-state index contributed by atoms with van der Waals surface area (Å²) in [6.07, 6.45) is 3.46. The molecule has 122 valence electrons. The van der Waals surface area contributed by atoms with Crippen LogP contribution < -0.4 is 10.6 Å². The van der Waals surface area contributed by atoms with Crippen molar-refractivity contribution >= 4 is 6.03 Å². The molecule has 2 rings (SSSR count). The van der Waals surface area contributed by atoms with Crippen LogP contribution in [0.15, 0.2) is 54.9 Å². The Hall–Kier alpha value is -2.40. The van der Waals surface area contributed by atoms with Crippen molar-refractivity contribution in [2.75, 3.05) is 13.6 Å². The van der Waals surface area contributed by atoms with E-state index >= 15 is 0 Å². The molecule has 0 saturated carbocycles. The number of aromatic nitrogens is 1. The monoisotopic (exact) mass is 312 g/mol. The van der Waals surface area contributed by atoms with E-state index in [4.69, 9.17) is 0 Å². The first-order chi connectivity index (χ1) is 11.1. The molecule has 0 radical (unpaired) electrons. The quantitative estimate of drug-likeness (QED) is 0.825. The minimum absolute atomic E-state index is 0.159. The lowest BCUT2D eigenvalue weighted by Gasteiger charge is -2.25. The van der Waals surface area contributed by atoms with Crippen LogP contribution in [0.5, 0.6) is 0 Å². The highest BCUT2D eigenvalue weighted by atomic mass is 16.2.